The Bertz CT molecular complexity index is 384. The molecule has 2 heteroatoms. The Labute approximate surface area is 105 Å². The fourth-order valence-corrected chi connectivity index (χ4v) is 3.30. The number of anilines is 2. The molecule has 0 spiro atoms. The minimum atomic E-state index is 0.443. The predicted octanol–water partition coefficient (Wildman–Crippen LogP) is 3.90. The zero-order valence-electron chi connectivity index (χ0n) is 11.2. The van der Waals surface area contributed by atoms with Gasteiger partial charge >= 0.3 is 0 Å². The van der Waals surface area contributed by atoms with Crippen molar-refractivity contribution in [3.05, 3.63) is 24.3 Å². The van der Waals surface area contributed by atoms with Gasteiger partial charge in [-0.05, 0) is 42.7 Å². The summed E-state index contributed by atoms with van der Waals surface area (Å²) in [5.41, 5.74) is 8.36. The SMILES string of the molecule is C[C@@H]1C[C@@H](Nc2ccccc2N)CC(C)(C)C1. The molecule has 0 unspecified atom stereocenters. The van der Waals surface area contributed by atoms with Crippen LogP contribution < -0.4 is 11.1 Å². The molecule has 1 aromatic rings. The van der Waals surface area contributed by atoms with Gasteiger partial charge in [-0.25, -0.2) is 0 Å². The maximum Gasteiger partial charge on any atom is 0.0576 e. The molecule has 0 radical (unpaired) electrons. The summed E-state index contributed by atoms with van der Waals surface area (Å²) in [5.74, 6) is 0.793. The van der Waals surface area contributed by atoms with E-state index in [0.29, 0.717) is 11.5 Å². The van der Waals surface area contributed by atoms with Crippen LogP contribution >= 0.6 is 0 Å². The van der Waals surface area contributed by atoms with Crippen molar-refractivity contribution < 1.29 is 0 Å². The first kappa shape index (κ1) is 12.3. The van der Waals surface area contributed by atoms with Crippen molar-refractivity contribution in [3.8, 4) is 0 Å². The minimum absolute atomic E-state index is 0.443. The van der Waals surface area contributed by atoms with E-state index < -0.39 is 0 Å². The van der Waals surface area contributed by atoms with Crippen LogP contribution in [0.3, 0.4) is 0 Å². The number of nitrogens with two attached hydrogens (primary N) is 1. The van der Waals surface area contributed by atoms with Gasteiger partial charge in [0.05, 0.1) is 11.4 Å². The zero-order valence-corrected chi connectivity index (χ0v) is 11.2. The largest absolute Gasteiger partial charge is 0.397 e. The number of nitrogens with one attached hydrogen (secondary N) is 1. The Hall–Kier alpha value is -1.18. The summed E-state index contributed by atoms with van der Waals surface area (Å²) < 4.78 is 0. The van der Waals surface area contributed by atoms with E-state index in [2.05, 4.69) is 32.2 Å². The highest BCUT2D eigenvalue weighted by Gasteiger charge is 2.31. The summed E-state index contributed by atoms with van der Waals surface area (Å²) in [4.78, 5) is 0. The van der Waals surface area contributed by atoms with Crippen LogP contribution in [0.1, 0.15) is 40.0 Å². The van der Waals surface area contributed by atoms with Crippen LogP contribution in [0.15, 0.2) is 24.3 Å². The van der Waals surface area contributed by atoms with Gasteiger partial charge in [-0.1, -0.05) is 32.9 Å². The van der Waals surface area contributed by atoms with E-state index in [9.17, 15) is 0 Å². The summed E-state index contributed by atoms with van der Waals surface area (Å²) in [6, 6.07) is 8.60. The summed E-state index contributed by atoms with van der Waals surface area (Å²) >= 11 is 0. The van der Waals surface area contributed by atoms with E-state index in [0.717, 1.165) is 17.3 Å². The Morgan fingerprint density at radius 1 is 1.24 bits per heavy atom. The standard InChI is InChI=1S/C15H24N2/c1-11-8-12(10-15(2,3)9-11)17-14-7-5-4-6-13(14)16/h4-7,11-12,17H,8-10,16H2,1-3H3/t11-,12-/m1/s1. The Morgan fingerprint density at radius 2 is 1.94 bits per heavy atom. The number of para-hydroxylation sites is 2. The third kappa shape index (κ3) is 3.15. The molecule has 0 amide bonds. The fourth-order valence-electron chi connectivity index (χ4n) is 3.30. The third-order valence-electron chi connectivity index (χ3n) is 3.71. The van der Waals surface area contributed by atoms with Crippen LogP contribution in [0, 0.1) is 11.3 Å². The molecule has 0 aliphatic heterocycles. The maximum atomic E-state index is 5.98. The molecule has 0 heterocycles. The van der Waals surface area contributed by atoms with Gasteiger partial charge in [0.25, 0.3) is 0 Å². The molecule has 1 aliphatic carbocycles. The Balaban J connectivity index is 2.06. The van der Waals surface area contributed by atoms with Crippen molar-refractivity contribution >= 4 is 11.4 Å². The zero-order chi connectivity index (χ0) is 12.5. The molecule has 1 fully saturated rings. The number of hydrogen-bond donors (Lipinski definition) is 2. The Kier molecular flexibility index (Phi) is 3.32. The molecular weight excluding hydrogens is 208 g/mol. The van der Waals surface area contributed by atoms with Crippen molar-refractivity contribution in [1.82, 2.24) is 0 Å². The first-order valence-electron chi connectivity index (χ1n) is 6.57. The van der Waals surface area contributed by atoms with E-state index in [4.69, 9.17) is 5.73 Å². The number of benzene rings is 1. The van der Waals surface area contributed by atoms with Gasteiger partial charge in [-0.2, -0.15) is 0 Å². The number of rotatable bonds is 2. The molecule has 0 aromatic heterocycles. The Morgan fingerprint density at radius 3 is 2.59 bits per heavy atom. The highest BCUT2D eigenvalue weighted by atomic mass is 14.9. The topological polar surface area (TPSA) is 38.0 Å². The molecule has 1 saturated carbocycles. The number of hydrogen-bond acceptors (Lipinski definition) is 2. The summed E-state index contributed by atoms with van der Waals surface area (Å²) in [6.45, 7) is 7.08. The van der Waals surface area contributed by atoms with E-state index in [1.165, 1.54) is 19.3 Å². The van der Waals surface area contributed by atoms with E-state index >= 15 is 0 Å². The lowest BCUT2D eigenvalue weighted by atomic mass is 9.70. The molecule has 1 aliphatic rings. The summed E-state index contributed by atoms with van der Waals surface area (Å²) in [7, 11) is 0. The minimum Gasteiger partial charge on any atom is -0.397 e. The molecule has 2 rings (SSSR count). The van der Waals surface area contributed by atoms with E-state index in [1.807, 2.05) is 18.2 Å². The molecule has 0 saturated heterocycles. The van der Waals surface area contributed by atoms with Crippen LogP contribution in [-0.2, 0) is 0 Å². The van der Waals surface area contributed by atoms with E-state index in [1.54, 1.807) is 0 Å². The van der Waals surface area contributed by atoms with Crippen molar-refractivity contribution in [2.75, 3.05) is 11.1 Å². The maximum absolute atomic E-state index is 5.98. The van der Waals surface area contributed by atoms with Crippen LogP contribution in [-0.4, -0.2) is 6.04 Å². The smallest absolute Gasteiger partial charge is 0.0576 e. The second kappa shape index (κ2) is 4.59. The third-order valence-corrected chi connectivity index (χ3v) is 3.71. The van der Waals surface area contributed by atoms with Gasteiger partial charge in [-0.3, -0.25) is 0 Å². The molecule has 2 atom stereocenters. The summed E-state index contributed by atoms with van der Waals surface area (Å²) in [6.07, 6.45) is 3.80. The molecule has 1 aromatic carbocycles. The van der Waals surface area contributed by atoms with Crippen molar-refractivity contribution in [3.63, 3.8) is 0 Å². The highest BCUT2D eigenvalue weighted by Crippen LogP contribution is 2.39. The van der Waals surface area contributed by atoms with Gasteiger partial charge < -0.3 is 11.1 Å². The first-order valence-corrected chi connectivity index (χ1v) is 6.57. The van der Waals surface area contributed by atoms with Crippen molar-refractivity contribution in [2.24, 2.45) is 11.3 Å². The second-order valence-corrected chi connectivity index (χ2v) is 6.34. The van der Waals surface area contributed by atoms with E-state index in [-0.39, 0.29) is 0 Å². The molecule has 17 heavy (non-hydrogen) atoms. The van der Waals surface area contributed by atoms with Gasteiger partial charge in [0.1, 0.15) is 0 Å². The van der Waals surface area contributed by atoms with Gasteiger partial charge in [0, 0.05) is 6.04 Å². The molecule has 0 bridgehead atoms. The molecular formula is C15H24N2. The molecule has 94 valence electrons. The lowest BCUT2D eigenvalue weighted by Gasteiger charge is -2.39. The quantitative estimate of drug-likeness (QED) is 0.759. The van der Waals surface area contributed by atoms with Crippen LogP contribution in [0.2, 0.25) is 0 Å². The second-order valence-electron chi connectivity index (χ2n) is 6.34. The molecule has 2 nitrogen and oxygen atoms in total. The van der Waals surface area contributed by atoms with Crippen LogP contribution in [0.5, 0.6) is 0 Å². The van der Waals surface area contributed by atoms with Gasteiger partial charge in [-0.15, -0.1) is 0 Å². The fraction of sp³-hybridized carbons (Fsp3) is 0.600. The molecule has 3 N–H and O–H groups in total. The number of nitrogen functional groups attached to an aromatic ring is 1. The van der Waals surface area contributed by atoms with Gasteiger partial charge in [0.2, 0.25) is 0 Å². The lowest BCUT2D eigenvalue weighted by molar-refractivity contribution is 0.178. The van der Waals surface area contributed by atoms with Crippen molar-refractivity contribution in [2.45, 2.75) is 46.1 Å². The van der Waals surface area contributed by atoms with Crippen LogP contribution in [0.4, 0.5) is 11.4 Å². The first-order chi connectivity index (χ1) is 7.96. The summed E-state index contributed by atoms with van der Waals surface area (Å²) in [5, 5.41) is 3.61. The highest BCUT2D eigenvalue weighted by molar-refractivity contribution is 5.66. The lowest BCUT2D eigenvalue weighted by Crippen LogP contribution is -2.35. The average Bonchev–Trinajstić information content (AvgIpc) is 2.18. The van der Waals surface area contributed by atoms with Crippen LogP contribution in [0.25, 0.3) is 0 Å². The predicted molar refractivity (Wildman–Crippen MR) is 75.1 cm³/mol. The van der Waals surface area contributed by atoms with Gasteiger partial charge in [0.15, 0.2) is 0 Å². The normalized spacial score (nSPS) is 27.7. The van der Waals surface area contributed by atoms with Crippen molar-refractivity contribution in [1.29, 1.82) is 0 Å². The monoisotopic (exact) mass is 232 g/mol. The average molecular weight is 232 g/mol.